The zero-order valence-electron chi connectivity index (χ0n) is 10.6. The van der Waals surface area contributed by atoms with Gasteiger partial charge in [-0.1, -0.05) is 33.5 Å². The van der Waals surface area contributed by atoms with Crippen molar-refractivity contribution < 1.29 is 43.4 Å². The molecule has 1 nitrogen and oxygen atoms in total. The molecule has 0 aliphatic heterocycles. The van der Waals surface area contributed by atoms with E-state index in [-0.39, 0.29) is 49.4 Å². The Balaban J connectivity index is -0.0000000921. The van der Waals surface area contributed by atoms with E-state index >= 15 is 0 Å². The summed E-state index contributed by atoms with van der Waals surface area (Å²) in [5.41, 5.74) is 6.58. The SMILES string of the molecule is CC(C)[NH-].C[Si](C)(C)C1=[C-]CC=C1.[Cl-].[Cl-].[V+4]. The van der Waals surface area contributed by atoms with Crippen LogP contribution < -0.4 is 24.8 Å². The van der Waals surface area contributed by atoms with Crippen molar-refractivity contribution in [3.8, 4) is 0 Å². The summed E-state index contributed by atoms with van der Waals surface area (Å²) in [5.74, 6) is 0. The smallest absolute Gasteiger partial charge is 1.00 e. The van der Waals surface area contributed by atoms with Gasteiger partial charge in [0.15, 0.2) is 0 Å². The van der Waals surface area contributed by atoms with Gasteiger partial charge in [-0.3, -0.25) is 6.08 Å². The van der Waals surface area contributed by atoms with Crippen LogP contribution in [0.1, 0.15) is 20.3 Å². The molecule has 1 aliphatic rings. The monoisotopic (exact) mass is 316 g/mol. The molecule has 1 radical (unpaired) electrons. The van der Waals surface area contributed by atoms with Crippen LogP contribution in [-0.4, -0.2) is 14.1 Å². The minimum atomic E-state index is -1.01. The van der Waals surface area contributed by atoms with Gasteiger partial charge < -0.3 is 30.5 Å². The number of hydrogen-bond donors (Lipinski definition) is 0. The molecule has 0 fully saturated rings. The minimum absolute atomic E-state index is 0. The van der Waals surface area contributed by atoms with Gasteiger partial charge in [0.2, 0.25) is 0 Å². The number of halogens is 2. The topological polar surface area (TPSA) is 23.8 Å². The molecule has 0 saturated heterocycles. The third kappa shape index (κ3) is 14.8. The Morgan fingerprint density at radius 2 is 1.62 bits per heavy atom. The molecule has 5 heteroatoms. The summed E-state index contributed by atoms with van der Waals surface area (Å²) < 4.78 is 0. The Labute approximate surface area is 126 Å². The first kappa shape index (κ1) is 25.6. The fourth-order valence-corrected chi connectivity index (χ4v) is 2.17. The summed E-state index contributed by atoms with van der Waals surface area (Å²) in [7, 11) is -1.01. The van der Waals surface area contributed by atoms with Crippen LogP contribution in [0.2, 0.25) is 19.6 Å². The van der Waals surface area contributed by atoms with Gasteiger partial charge in [-0.05, 0) is 0 Å². The van der Waals surface area contributed by atoms with Gasteiger partial charge in [-0.25, -0.2) is 11.3 Å². The molecular formula is C11H21Cl2NSiV. The zero-order chi connectivity index (χ0) is 10.5. The van der Waals surface area contributed by atoms with E-state index in [1.165, 1.54) is 5.20 Å². The van der Waals surface area contributed by atoms with Crippen LogP contribution in [0.4, 0.5) is 0 Å². The van der Waals surface area contributed by atoms with E-state index in [1.807, 2.05) is 13.8 Å². The van der Waals surface area contributed by atoms with E-state index in [1.54, 1.807) is 0 Å². The summed E-state index contributed by atoms with van der Waals surface area (Å²) >= 11 is 0. The maximum atomic E-state index is 6.58. The number of allylic oxidation sites excluding steroid dienone is 4. The average Bonchev–Trinajstić information content (AvgIpc) is 2.31. The molecule has 1 N–H and O–H groups in total. The largest absolute Gasteiger partial charge is 4.00 e. The molecule has 0 bridgehead atoms. The maximum Gasteiger partial charge on any atom is 4.00 e. The first-order chi connectivity index (χ1) is 5.84. The summed E-state index contributed by atoms with van der Waals surface area (Å²) in [6, 6.07) is 0.0833. The fourth-order valence-electron chi connectivity index (χ4n) is 0.920. The van der Waals surface area contributed by atoms with Gasteiger partial charge in [-0.2, -0.15) is 6.08 Å². The molecule has 0 aromatic rings. The van der Waals surface area contributed by atoms with E-state index in [0.717, 1.165) is 6.42 Å². The van der Waals surface area contributed by atoms with E-state index in [2.05, 4.69) is 37.9 Å². The van der Waals surface area contributed by atoms with Gasteiger partial charge in [0.25, 0.3) is 0 Å². The second-order valence-corrected chi connectivity index (χ2v) is 9.64. The molecule has 0 unspecified atom stereocenters. The standard InChI is InChI=1S/C8H13Si.C3H8N.2ClH.V/c1-9(2,3)8-6-4-5-7-8;1-3(2)4;;;/h4,6H,5H2,1-3H3;3-4H,1-2H3;2*1H;/q2*-1;;;+4/p-2. The van der Waals surface area contributed by atoms with Crippen LogP contribution in [-0.2, 0) is 18.6 Å². The third-order valence-corrected chi connectivity index (χ3v) is 3.46. The normalized spacial score (nSPS) is 12.6. The van der Waals surface area contributed by atoms with Gasteiger partial charge in [0.05, 0.1) is 0 Å². The van der Waals surface area contributed by atoms with Gasteiger partial charge >= 0.3 is 18.6 Å². The summed E-state index contributed by atoms with van der Waals surface area (Å²) in [5, 5.41) is 1.49. The Kier molecular flexibility index (Phi) is 19.7. The Morgan fingerprint density at radius 1 is 1.25 bits per heavy atom. The predicted octanol–water partition coefficient (Wildman–Crippen LogP) is -1.99. The maximum absolute atomic E-state index is 6.58. The van der Waals surface area contributed by atoms with E-state index < -0.39 is 8.07 Å². The third-order valence-electron chi connectivity index (χ3n) is 1.50. The van der Waals surface area contributed by atoms with Crippen molar-refractivity contribution in [2.45, 2.75) is 46.0 Å². The van der Waals surface area contributed by atoms with Crippen molar-refractivity contribution in [3.05, 3.63) is 29.2 Å². The molecule has 1 rings (SSSR count). The van der Waals surface area contributed by atoms with E-state index in [9.17, 15) is 0 Å². The Bertz CT molecular complexity index is 208. The molecule has 0 aromatic carbocycles. The second kappa shape index (κ2) is 12.3. The summed E-state index contributed by atoms with van der Waals surface area (Å²) in [6.45, 7) is 10.7. The van der Waals surface area contributed by atoms with Crippen LogP contribution in [0.5, 0.6) is 0 Å². The molecule has 93 valence electrons. The number of nitrogens with one attached hydrogen (secondary N) is 1. The van der Waals surface area contributed by atoms with E-state index in [0.29, 0.717) is 0 Å². The molecule has 0 amide bonds. The minimum Gasteiger partial charge on any atom is -1.00 e. The molecule has 16 heavy (non-hydrogen) atoms. The summed E-state index contributed by atoms with van der Waals surface area (Å²) in [4.78, 5) is 0. The van der Waals surface area contributed by atoms with Crippen LogP contribution in [0.15, 0.2) is 17.3 Å². The molecule has 0 heterocycles. The van der Waals surface area contributed by atoms with Crippen LogP contribution in [0.3, 0.4) is 0 Å². The van der Waals surface area contributed by atoms with Crippen molar-refractivity contribution in [3.63, 3.8) is 0 Å². The van der Waals surface area contributed by atoms with E-state index in [4.69, 9.17) is 5.73 Å². The first-order valence-electron chi connectivity index (χ1n) is 4.83. The molecule has 0 aromatic heterocycles. The van der Waals surface area contributed by atoms with Gasteiger partial charge in [0.1, 0.15) is 0 Å². The molecule has 0 atom stereocenters. The molecule has 1 aliphatic carbocycles. The zero-order valence-corrected chi connectivity index (χ0v) is 14.6. The average molecular weight is 317 g/mol. The molecule has 0 saturated carbocycles. The van der Waals surface area contributed by atoms with Crippen molar-refractivity contribution in [1.29, 1.82) is 0 Å². The molecule has 0 spiro atoms. The van der Waals surface area contributed by atoms with Gasteiger partial charge in [0, 0.05) is 8.07 Å². The van der Waals surface area contributed by atoms with Gasteiger partial charge in [-0.15, -0.1) is 12.5 Å². The Hall–Kier alpha value is 0.821. The second-order valence-electron chi connectivity index (χ2n) is 4.60. The van der Waals surface area contributed by atoms with Crippen LogP contribution in [0, 0.1) is 6.08 Å². The summed E-state index contributed by atoms with van der Waals surface area (Å²) in [6.07, 6.45) is 8.82. The predicted molar refractivity (Wildman–Crippen MR) is 63.3 cm³/mol. The first-order valence-corrected chi connectivity index (χ1v) is 8.33. The van der Waals surface area contributed by atoms with Crippen molar-refractivity contribution in [1.82, 2.24) is 0 Å². The van der Waals surface area contributed by atoms with Crippen LogP contribution in [0.25, 0.3) is 5.73 Å². The number of hydrogen-bond acceptors (Lipinski definition) is 0. The fraction of sp³-hybridized carbons (Fsp3) is 0.636. The van der Waals surface area contributed by atoms with Crippen molar-refractivity contribution in [2.75, 3.05) is 0 Å². The quantitative estimate of drug-likeness (QED) is 0.395. The molecular weight excluding hydrogens is 296 g/mol. The van der Waals surface area contributed by atoms with Crippen molar-refractivity contribution >= 4 is 8.07 Å². The Morgan fingerprint density at radius 3 is 1.75 bits per heavy atom. The van der Waals surface area contributed by atoms with Crippen molar-refractivity contribution in [2.24, 2.45) is 0 Å². The number of rotatable bonds is 1. The van der Waals surface area contributed by atoms with Crippen LogP contribution >= 0.6 is 0 Å².